The second-order valence-corrected chi connectivity index (χ2v) is 3.33. The average Bonchev–Trinajstić information content (AvgIpc) is 2.07. The molecule has 0 unspecified atom stereocenters. The lowest BCUT2D eigenvalue weighted by atomic mass is 9.79. The molecule has 0 fully saturated rings. The van der Waals surface area contributed by atoms with E-state index in [4.69, 9.17) is 5.11 Å². The van der Waals surface area contributed by atoms with Crippen LogP contribution in [0.4, 0.5) is 0 Å². The van der Waals surface area contributed by atoms with Crippen molar-refractivity contribution in [3.63, 3.8) is 0 Å². The summed E-state index contributed by atoms with van der Waals surface area (Å²) in [7, 11) is 0. The topological polar surface area (TPSA) is 37.3 Å². The summed E-state index contributed by atoms with van der Waals surface area (Å²) in [6.45, 7) is 2.06. The van der Waals surface area contributed by atoms with E-state index in [1.807, 2.05) is 19.1 Å². The monoisotopic (exact) mass is 166 g/mol. The second kappa shape index (κ2) is 3.68. The highest BCUT2D eigenvalue weighted by Crippen LogP contribution is 2.28. The Balaban J connectivity index is 2.63. The van der Waals surface area contributed by atoms with Gasteiger partial charge in [0, 0.05) is 12.0 Å². The average molecular weight is 166 g/mol. The molecule has 0 bridgehead atoms. The molecule has 1 N–H and O–H groups in total. The number of hydrogen-bond acceptors (Lipinski definition) is 2. The van der Waals surface area contributed by atoms with Gasteiger partial charge in [0.05, 0.1) is 0 Å². The maximum absolute atomic E-state index is 11.4. The fourth-order valence-corrected chi connectivity index (χ4v) is 1.34. The van der Waals surface area contributed by atoms with Gasteiger partial charge in [0.2, 0.25) is 0 Å². The molecule has 1 atom stereocenters. The summed E-state index contributed by atoms with van der Waals surface area (Å²) >= 11 is 0. The summed E-state index contributed by atoms with van der Waals surface area (Å²) < 4.78 is 0. The molecule has 66 valence electrons. The number of carbonyl (C=O) groups is 1. The molecule has 0 saturated heterocycles. The molecule has 1 rings (SSSR count). The normalized spacial score (nSPS) is 28.0. The van der Waals surface area contributed by atoms with Crippen LogP contribution in [0.25, 0.3) is 0 Å². The lowest BCUT2D eigenvalue weighted by molar-refractivity contribution is -0.121. The molecule has 0 aromatic rings. The smallest absolute Gasteiger partial charge is 0.165 e. The molecule has 2 heteroatoms. The predicted octanol–water partition coefficient (Wildman–Crippen LogP) is 1.46. The van der Waals surface area contributed by atoms with Gasteiger partial charge in [-0.25, -0.2) is 0 Å². The van der Waals surface area contributed by atoms with Crippen LogP contribution >= 0.6 is 0 Å². The third-order valence-electron chi connectivity index (χ3n) is 2.24. The van der Waals surface area contributed by atoms with Crippen molar-refractivity contribution in [2.75, 3.05) is 6.61 Å². The third-order valence-corrected chi connectivity index (χ3v) is 2.24. The highest BCUT2D eigenvalue weighted by molar-refractivity contribution is 5.97. The molecule has 12 heavy (non-hydrogen) atoms. The van der Waals surface area contributed by atoms with Gasteiger partial charge in [-0.15, -0.1) is 0 Å². The summed E-state index contributed by atoms with van der Waals surface area (Å²) in [5.74, 6) is 0.137. The summed E-state index contributed by atoms with van der Waals surface area (Å²) in [5.41, 5.74) is -0.378. The largest absolute Gasteiger partial charge is 0.396 e. The SMILES string of the molecule is C[C@]1(CCCO)C=CC=CC1=O. The summed E-state index contributed by atoms with van der Waals surface area (Å²) in [6, 6.07) is 0. The molecule has 2 nitrogen and oxygen atoms in total. The van der Waals surface area contributed by atoms with Gasteiger partial charge in [0.1, 0.15) is 0 Å². The first-order valence-corrected chi connectivity index (χ1v) is 4.20. The number of carbonyl (C=O) groups excluding carboxylic acids is 1. The summed E-state index contributed by atoms with van der Waals surface area (Å²) in [4.78, 5) is 11.4. The maximum Gasteiger partial charge on any atom is 0.165 e. The van der Waals surface area contributed by atoms with Crippen LogP contribution in [0.1, 0.15) is 19.8 Å². The molecule has 1 aliphatic carbocycles. The Labute approximate surface area is 72.6 Å². The minimum atomic E-state index is -0.378. The number of ketones is 1. The number of aliphatic hydroxyl groups is 1. The van der Waals surface area contributed by atoms with E-state index in [0.29, 0.717) is 6.42 Å². The Morgan fingerprint density at radius 2 is 2.25 bits per heavy atom. The first-order valence-electron chi connectivity index (χ1n) is 4.20. The van der Waals surface area contributed by atoms with E-state index in [9.17, 15) is 4.79 Å². The van der Waals surface area contributed by atoms with E-state index in [1.165, 1.54) is 0 Å². The molecule has 0 amide bonds. The van der Waals surface area contributed by atoms with E-state index < -0.39 is 0 Å². The van der Waals surface area contributed by atoms with Crippen LogP contribution in [0.2, 0.25) is 0 Å². The van der Waals surface area contributed by atoms with Crippen LogP contribution in [0.5, 0.6) is 0 Å². The molecular weight excluding hydrogens is 152 g/mol. The molecule has 0 heterocycles. The molecule has 0 aliphatic heterocycles. The van der Waals surface area contributed by atoms with Crippen molar-refractivity contribution in [3.05, 3.63) is 24.3 Å². The van der Waals surface area contributed by atoms with Crippen LogP contribution in [0.15, 0.2) is 24.3 Å². The van der Waals surface area contributed by atoms with Crippen LogP contribution in [0.3, 0.4) is 0 Å². The van der Waals surface area contributed by atoms with Gasteiger partial charge in [-0.3, -0.25) is 4.79 Å². The summed E-state index contributed by atoms with van der Waals surface area (Å²) in [5, 5.41) is 8.64. The Morgan fingerprint density at radius 3 is 2.83 bits per heavy atom. The van der Waals surface area contributed by atoms with Crippen molar-refractivity contribution >= 4 is 5.78 Å². The zero-order chi connectivity index (χ0) is 9.03. The third kappa shape index (κ3) is 1.83. The van der Waals surface area contributed by atoms with E-state index in [0.717, 1.165) is 6.42 Å². The molecule has 0 spiro atoms. The lowest BCUT2D eigenvalue weighted by Crippen LogP contribution is -2.25. The van der Waals surface area contributed by atoms with E-state index >= 15 is 0 Å². The van der Waals surface area contributed by atoms with Gasteiger partial charge in [0.15, 0.2) is 5.78 Å². The van der Waals surface area contributed by atoms with Crippen LogP contribution in [0, 0.1) is 5.41 Å². The number of hydrogen-bond donors (Lipinski definition) is 1. The Bertz CT molecular complexity index is 228. The van der Waals surface area contributed by atoms with Gasteiger partial charge < -0.3 is 5.11 Å². The van der Waals surface area contributed by atoms with Gasteiger partial charge in [0.25, 0.3) is 0 Å². The minimum Gasteiger partial charge on any atom is -0.396 e. The zero-order valence-corrected chi connectivity index (χ0v) is 7.29. The molecule has 0 aromatic carbocycles. The highest BCUT2D eigenvalue weighted by Gasteiger charge is 2.28. The Morgan fingerprint density at radius 1 is 1.50 bits per heavy atom. The minimum absolute atomic E-state index is 0.137. The predicted molar refractivity (Wildman–Crippen MR) is 47.7 cm³/mol. The van der Waals surface area contributed by atoms with Crippen molar-refractivity contribution in [3.8, 4) is 0 Å². The zero-order valence-electron chi connectivity index (χ0n) is 7.29. The van der Waals surface area contributed by atoms with E-state index in [1.54, 1.807) is 12.2 Å². The van der Waals surface area contributed by atoms with E-state index in [2.05, 4.69) is 0 Å². The fraction of sp³-hybridized carbons (Fsp3) is 0.500. The molecular formula is C10H14O2. The van der Waals surface area contributed by atoms with Gasteiger partial charge in [-0.05, 0) is 25.8 Å². The summed E-state index contributed by atoms with van der Waals surface area (Å²) in [6.07, 6.45) is 8.55. The van der Waals surface area contributed by atoms with Crippen LogP contribution < -0.4 is 0 Å². The van der Waals surface area contributed by atoms with Crippen LogP contribution in [-0.4, -0.2) is 17.5 Å². The number of allylic oxidation sites excluding steroid dienone is 4. The highest BCUT2D eigenvalue weighted by atomic mass is 16.2. The Kier molecular flexibility index (Phi) is 2.82. The van der Waals surface area contributed by atoms with Crippen molar-refractivity contribution in [1.82, 2.24) is 0 Å². The van der Waals surface area contributed by atoms with Crippen molar-refractivity contribution < 1.29 is 9.90 Å². The van der Waals surface area contributed by atoms with Crippen LogP contribution in [-0.2, 0) is 4.79 Å². The first-order chi connectivity index (χ1) is 5.69. The molecule has 0 aromatic heterocycles. The molecule has 1 aliphatic rings. The fourth-order valence-electron chi connectivity index (χ4n) is 1.34. The Hall–Kier alpha value is -0.890. The van der Waals surface area contributed by atoms with Gasteiger partial charge in [-0.1, -0.05) is 18.2 Å². The van der Waals surface area contributed by atoms with Gasteiger partial charge >= 0.3 is 0 Å². The second-order valence-electron chi connectivity index (χ2n) is 3.33. The van der Waals surface area contributed by atoms with Crippen molar-refractivity contribution in [2.45, 2.75) is 19.8 Å². The maximum atomic E-state index is 11.4. The van der Waals surface area contributed by atoms with E-state index in [-0.39, 0.29) is 17.8 Å². The quantitative estimate of drug-likeness (QED) is 0.689. The molecule has 0 radical (unpaired) electrons. The number of aliphatic hydroxyl groups excluding tert-OH is 1. The lowest BCUT2D eigenvalue weighted by Gasteiger charge is -2.24. The first kappa shape index (κ1) is 9.20. The van der Waals surface area contributed by atoms with Crippen molar-refractivity contribution in [1.29, 1.82) is 0 Å². The molecule has 0 saturated carbocycles. The van der Waals surface area contributed by atoms with Crippen molar-refractivity contribution in [2.24, 2.45) is 5.41 Å². The standard InChI is InChI=1S/C10H14O2/c1-10(7-4-8-11)6-3-2-5-9(10)12/h2-3,5-6,11H,4,7-8H2,1H3/t10-/m1/s1. The van der Waals surface area contributed by atoms with Gasteiger partial charge in [-0.2, -0.15) is 0 Å². The number of rotatable bonds is 3.